The van der Waals surface area contributed by atoms with E-state index in [2.05, 4.69) is 5.32 Å². The number of nitrogens with one attached hydrogen (secondary N) is 1. The van der Waals surface area contributed by atoms with E-state index in [9.17, 15) is 9.59 Å². The first-order valence-electron chi connectivity index (χ1n) is 13.3. The van der Waals surface area contributed by atoms with Gasteiger partial charge >= 0.3 is 5.97 Å². The number of hydrogen-bond donors (Lipinski definition) is 1. The number of benzene rings is 2. The van der Waals surface area contributed by atoms with Crippen molar-refractivity contribution in [3.63, 3.8) is 0 Å². The topological polar surface area (TPSA) is 102 Å². The van der Waals surface area contributed by atoms with Gasteiger partial charge in [-0.2, -0.15) is 0 Å². The lowest BCUT2D eigenvalue weighted by molar-refractivity contribution is -0.152. The zero-order chi connectivity index (χ0) is 28.7. The summed E-state index contributed by atoms with van der Waals surface area (Å²) in [6, 6.07) is 12.0. The molecule has 0 aliphatic carbocycles. The molecule has 0 saturated carbocycles. The van der Waals surface area contributed by atoms with Gasteiger partial charge in [0.1, 0.15) is 23.7 Å². The van der Waals surface area contributed by atoms with E-state index in [1.165, 1.54) is 7.11 Å². The van der Waals surface area contributed by atoms with Gasteiger partial charge in [-0.25, -0.2) is 4.79 Å². The summed E-state index contributed by atoms with van der Waals surface area (Å²) in [5.41, 5.74) is 1.43. The number of fused-ring (bicyclic) bond motifs is 2. The normalized spacial score (nSPS) is 25.9. The van der Waals surface area contributed by atoms with E-state index in [1.807, 2.05) is 51.1 Å². The predicted octanol–water partition coefficient (Wildman–Crippen LogP) is 4.91. The largest absolute Gasteiger partial charge is 0.497 e. The summed E-state index contributed by atoms with van der Waals surface area (Å²) in [6.45, 7) is 5.54. The second-order valence-corrected chi connectivity index (χ2v) is 10.2. The molecule has 214 valence electrons. The van der Waals surface area contributed by atoms with Crippen molar-refractivity contribution in [2.24, 2.45) is 0 Å². The maximum atomic E-state index is 13.5. The number of amides is 1. The SMILES string of the molecule is COCOc1cc(OC)cc2c1C(=O)N[C@@H](C)C/C=C\C(OC(=O)c1ccccc1)[C@H]1OC(C)(C)O[C@H]1C/C=C/2. The summed E-state index contributed by atoms with van der Waals surface area (Å²) < 4.78 is 34.8. The van der Waals surface area contributed by atoms with Gasteiger partial charge in [0.05, 0.1) is 24.3 Å². The molecule has 1 saturated heterocycles. The highest BCUT2D eigenvalue weighted by Crippen LogP contribution is 2.35. The highest BCUT2D eigenvalue weighted by molar-refractivity contribution is 6.01. The van der Waals surface area contributed by atoms with Crippen LogP contribution < -0.4 is 14.8 Å². The van der Waals surface area contributed by atoms with Crippen molar-refractivity contribution in [1.29, 1.82) is 0 Å². The van der Waals surface area contributed by atoms with Crippen molar-refractivity contribution in [3.8, 4) is 11.5 Å². The Morgan fingerprint density at radius 2 is 1.85 bits per heavy atom. The van der Waals surface area contributed by atoms with E-state index < -0.39 is 30.1 Å². The zero-order valence-electron chi connectivity index (χ0n) is 23.5. The highest BCUT2D eigenvalue weighted by Gasteiger charge is 2.45. The number of esters is 1. The van der Waals surface area contributed by atoms with Gasteiger partial charge in [0.15, 0.2) is 12.6 Å². The van der Waals surface area contributed by atoms with Crippen molar-refractivity contribution in [1.82, 2.24) is 5.32 Å². The number of ether oxygens (including phenoxy) is 6. The van der Waals surface area contributed by atoms with E-state index in [-0.39, 0.29) is 18.7 Å². The molecule has 1 amide bonds. The molecule has 9 heteroatoms. The third kappa shape index (κ3) is 7.29. The minimum absolute atomic E-state index is 0.0258. The van der Waals surface area contributed by atoms with E-state index in [1.54, 1.807) is 43.5 Å². The molecule has 4 atom stereocenters. The molecular formula is C31H37NO8. The van der Waals surface area contributed by atoms with E-state index in [0.717, 1.165) is 0 Å². The van der Waals surface area contributed by atoms with Crippen LogP contribution in [0.5, 0.6) is 11.5 Å². The number of carbonyl (C=O) groups is 2. The van der Waals surface area contributed by atoms with Gasteiger partial charge in [0, 0.05) is 19.2 Å². The molecule has 1 fully saturated rings. The third-order valence-corrected chi connectivity index (χ3v) is 6.56. The maximum absolute atomic E-state index is 13.5. The maximum Gasteiger partial charge on any atom is 0.338 e. The van der Waals surface area contributed by atoms with Crippen LogP contribution in [0.25, 0.3) is 6.08 Å². The van der Waals surface area contributed by atoms with Gasteiger partial charge in [-0.1, -0.05) is 36.4 Å². The lowest BCUT2D eigenvalue weighted by Gasteiger charge is -2.25. The molecule has 40 heavy (non-hydrogen) atoms. The summed E-state index contributed by atoms with van der Waals surface area (Å²) in [6.07, 6.45) is 6.68. The third-order valence-electron chi connectivity index (χ3n) is 6.56. The van der Waals surface area contributed by atoms with Gasteiger partial charge in [-0.05, 0) is 63.5 Å². The molecule has 2 aliphatic rings. The predicted molar refractivity (Wildman–Crippen MR) is 149 cm³/mol. The summed E-state index contributed by atoms with van der Waals surface area (Å²) in [4.78, 5) is 26.5. The highest BCUT2D eigenvalue weighted by atomic mass is 16.8. The van der Waals surface area contributed by atoms with Crippen molar-refractivity contribution < 1.29 is 38.0 Å². The second kappa shape index (κ2) is 13.1. The molecule has 0 radical (unpaired) electrons. The lowest BCUT2D eigenvalue weighted by Crippen LogP contribution is -2.38. The average molecular weight is 552 g/mol. The molecule has 2 aromatic carbocycles. The van der Waals surface area contributed by atoms with Crippen molar-refractivity contribution in [2.75, 3.05) is 21.0 Å². The van der Waals surface area contributed by atoms with Gasteiger partial charge in [-0.15, -0.1) is 0 Å². The fourth-order valence-corrected chi connectivity index (χ4v) is 4.75. The molecule has 0 spiro atoms. The van der Waals surface area contributed by atoms with Gasteiger partial charge < -0.3 is 33.7 Å². The van der Waals surface area contributed by atoms with Crippen LogP contribution in [0.2, 0.25) is 0 Å². The molecule has 2 heterocycles. The van der Waals surface area contributed by atoms with Crippen LogP contribution in [0.1, 0.15) is 59.9 Å². The standard InChI is InChI=1S/C31H37NO8/c1-20-11-9-15-24(38-30(34)21-12-7-6-8-13-21)28-25(39-31(2,3)40-28)16-10-14-22-17-23(36-5)18-26(37-19-35-4)27(22)29(33)32-20/h6-10,12-15,17-18,20,24-25,28H,11,16,19H2,1-5H3,(H,32,33)/b14-10+,15-9-/t20-,24?,25-,28+/m0/s1. The van der Waals surface area contributed by atoms with E-state index in [0.29, 0.717) is 41.0 Å². The van der Waals surface area contributed by atoms with E-state index >= 15 is 0 Å². The summed E-state index contributed by atoms with van der Waals surface area (Å²) in [5, 5.41) is 3.04. The van der Waals surface area contributed by atoms with Crippen LogP contribution in [0, 0.1) is 0 Å². The smallest absolute Gasteiger partial charge is 0.338 e. The minimum Gasteiger partial charge on any atom is -0.497 e. The molecule has 0 bridgehead atoms. The molecule has 0 aromatic heterocycles. The first kappa shape index (κ1) is 29.3. The van der Waals surface area contributed by atoms with Crippen LogP contribution >= 0.6 is 0 Å². The van der Waals surface area contributed by atoms with E-state index in [4.69, 9.17) is 28.4 Å². The van der Waals surface area contributed by atoms with Gasteiger partial charge in [0.2, 0.25) is 0 Å². The molecule has 2 aliphatic heterocycles. The van der Waals surface area contributed by atoms with Crippen LogP contribution in [0.4, 0.5) is 0 Å². The van der Waals surface area contributed by atoms with Crippen LogP contribution in [-0.4, -0.2) is 63.0 Å². The molecule has 2 aromatic rings. The second-order valence-electron chi connectivity index (χ2n) is 10.2. The first-order valence-corrected chi connectivity index (χ1v) is 13.3. The first-order chi connectivity index (χ1) is 19.2. The summed E-state index contributed by atoms with van der Waals surface area (Å²) in [7, 11) is 3.07. The fraction of sp³-hybridized carbons (Fsp3) is 0.419. The lowest BCUT2D eigenvalue weighted by atomic mass is 10.00. The summed E-state index contributed by atoms with van der Waals surface area (Å²) >= 11 is 0. The molecular weight excluding hydrogens is 514 g/mol. The van der Waals surface area contributed by atoms with Crippen LogP contribution in [0.3, 0.4) is 0 Å². The molecule has 9 nitrogen and oxygen atoms in total. The van der Waals surface area contributed by atoms with Gasteiger partial charge in [-0.3, -0.25) is 4.79 Å². The number of hydrogen-bond acceptors (Lipinski definition) is 8. The molecule has 1 unspecified atom stereocenters. The van der Waals surface area contributed by atoms with Gasteiger partial charge in [0.25, 0.3) is 5.91 Å². The minimum atomic E-state index is -0.879. The van der Waals surface area contributed by atoms with Crippen molar-refractivity contribution in [2.45, 2.75) is 63.8 Å². The van der Waals surface area contributed by atoms with Crippen LogP contribution in [-0.2, 0) is 18.9 Å². The number of methoxy groups -OCH3 is 2. The Balaban J connectivity index is 1.70. The fourth-order valence-electron chi connectivity index (χ4n) is 4.75. The van der Waals surface area contributed by atoms with Crippen molar-refractivity contribution >= 4 is 18.0 Å². The Morgan fingerprint density at radius 3 is 2.58 bits per heavy atom. The zero-order valence-corrected chi connectivity index (χ0v) is 23.5. The van der Waals surface area contributed by atoms with Crippen LogP contribution in [0.15, 0.2) is 60.7 Å². The Morgan fingerprint density at radius 1 is 1.07 bits per heavy atom. The Hall–Kier alpha value is -3.66. The molecule has 4 rings (SSSR count). The Bertz CT molecular complexity index is 1240. The van der Waals surface area contributed by atoms with Crippen molar-refractivity contribution in [3.05, 3.63) is 77.4 Å². The number of carbonyl (C=O) groups excluding carboxylic acids is 2. The monoisotopic (exact) mass is 551 g/mol. The quantitative estimate of drug-likeness (QED) is 0.307. The Kier molecular flexibility index (Phi) is 9.63. The average Bonchev–Trinajstić information content (AvgIpc) is 3.24. The Labute approximate surface area is 235 Å². The summed E-state index contributed by atoms with van der Waals surface area (Å²) in [5.74, 6) is -0.745. The number of rotatable bonds is 6. The molecule has 1 N–H and O–H groups in total.